The van der Waals surface area contributed by atoms with Crippen LogP contribution in [0, 0.1) is 13.8 Å². The predicted molar refractivity (Wildman–Crippen MR) is 81.5 cm³/mol. The van der Waals surface area contributed by atoms with Crippen molar-refractivity contribution >= 4 is 23.6 Å². The van der Waals surface area contributed by atoms with Gasteiger partial charge in [0, 0.05) is 24.9 Å². The van der Waals surface area contributed by atoms with E-state index in [0.29, 0.717) is 6.42 Å². The number of carboxylic acids is 1. The Morgan fingerprint density at radius 3 is 2.24 bits per heavy atom. The van der Waals surface area contributed by atoms with Gasteiger partial charge in [0.1, 0.15) is 6.04 Å². The second kappa shape index (κ2) is 7.40. The molecule has 1 N–H and O–H groups in total. The van der Waals surface area contributed by atoms with Crippen LogP contribution in [0.4, 0.5) is 0 Å². The monoisotopic (exact) mass is 311 g/mol. The minimum atomic E-state index is -1.01. The number of aromatic nitrogens is 2. The van der Waals surface area contributed by atoms with Crippen LogP contribution in [0.1, 0.15) is 30.3 Å². The van der Waals surface area contributed by atoms with Crippen LogP contribution in [0.25, 0.3) is 0 Å². The van der Waals surface area contributed by atoms with Gasteiger partial charge in [-0.2, -0.15) is 0 Å². The molecule has 0 aliphatic heterocycles. The van der Waals surface area contributed by atoms with E-state index in [4.69, 9.17) is 5.11 Å². The lowest BCUT2D eigenvalue weighted by Gasteiger charge is -2.21. The summed E-state index contributed by atoms with van der Waals surface area (Å²) in [5.74, 6) is -1.21. The van der Waals surface area contributed by atoms with Crippen molar-refractivity contribution in [3.63, 3.8) is 0 Å². The smallest absolute Gasteiger partial charge is 0.326 e. The third-order valence-electron chi connectivity index (χ3n) is 3.50. The van der Waals surface area contributed by atoms with Crippen LogP contribution in [0.15, 0.2) is 5.16 Å². The number of hydrogen-bond donors (Lipinski definition) is 1. The highest BCUT2D eigenvalue weighted by molar-refractivity contribution is 7.98. The molecule has 21 heavy (non-hydrogen) atoms. The van der Waals surface area contributed by atoms with E-state index in [1.165, 1.54) is 30.6 Å². The summed E-state index contributed by atoms with van der Waals surface area (Å²) < 4.78 is 0. The van der Waals surface area contributed by atoms with Crippen molar-refractivity contribution in [3.8, 4) is 0 Å². The zero-order valence-electron chi connectivity index (χ0n) is 13.0. The van der Waals surface area contributed by atoms with Crippen LogP contribution in [0.2, 0.25) is 0 Å². The van der Waals surface area contributed by atoms with Gasteiger partial charge in [0.05, 0.1) is 0 Å². The number of nitrogens with zero attached hydrogens (tertiary/aromatic N) is 3. The van der Waals surface area contributed by atoms with Gasteiger partial charge in [-0.3, -0.25) is 4.79 Å². The summed E-state index contributed by atoms with van der Waals surface area (Å²) in [6.07, 6.45) is 2.68. The second-order valence-corrected chi connectivity index (χ2v) is 5.65. The molecule has 0 aromatic carbocycles. The first-order valence-electron chi connectivity index (χ1n) is 6.64. The standard InChI is InChI=1S/C14H21N3O3S/c1-8-11(9(2)16-14(15-8)21-5)6-7-12(18)17(4)10(3)13(19)20/h10H,6-7H2,1-5H3,(H,19,20). The summed E-state index contributed by atoms with van der Waals surface area (Å²) >= 11 is 1.48. The fourth-order valence-corrected chi connectivity index (χ4v) is 2.41. The molecule has 7 heteroatoms. The van der Waals surface area contributed by atoms with E-state index in [9.17, 15) is 9.59 Å². The Morgan fingerprint density at radius 2 is 1.81 bits per heavy atom. The van der Waals surface area contributed by atoms with E-state index in [0.717, 1.165) is 22.1 Å². The summed E-state index contributed by atoms with van der Waals surface area (Å²) in [5.41, 5.74) is 2.69. The van der Waals surface area contributed by atoms with E-state index in [2.05, 4.69) is 9.97 Å². The number of carboxylic acid groups (broad SMARTS) is 1. The number of carbonyl (C=O) groups is 2. The highest BCUT2D eigenvalue weighted by Crippen LogP contribution is 2.17. The number of aliphatic carboxylic acids is 1. The van der Waals surface area contributed by atoms with E-state index < -0.39 is 12.0 Å². The lowest BCUT2D eigenvalue weighted by Crippen LogP contribution is -2.40. The molecule has 0 aliphatic rings. The van der Waals surface area contributed by atoms with Crippen molar-refractivity contribution in [3.05, 3.63) is 17.0 Å². The molecule has 1 rings (SSSR count). The van der Waals surface area contributed by atoms with E-state index in [-0.39, 0.29) is 12.3 Å². The average molecular weight is 311 g/mol. The normalized spacial score (nSPS) is 12.0. The molecule has 1 atom stereocenters. The van der Waals surface area contributed by atoms with Gasteiger partial charge in [-0.15, -0.1) is 0 Å². The minimum Gasteiger partial charge on any atom is -0.480 e. The van der Waals surface area contributed by atoms with Crippen molar-refractivity contribution in [2.24, 2.45) is 0 Å². The summed E-state index contributed by atoms with van der Waals surface area (Å²) in [6, 6.07) is -0.824. The second-order valence-electron chi connectivity index (χ2n) is 4.88. The Labute approximate surface area is 129 Å². The maximum atomic E-state index is 12.0. The van der Waals surface area contributed by atoms with Crippen molar-refractivity contribution in [2.45, 2.75) is 44.8 Å². The van der Waals surface area contributed by atoms with Crippen LogP contribution >= 0.6 is 11.8 Å². The third kappa shape index (κ3) is 4.42. The van der Waals surface area contributed by atoms with Crippen molar-refractivity contribution in [1.82, 2.24) is 14.9 Å². The van der Waals surface area contributed by atoms with Gasteiger partial charge in [-0.1, -0.05) is 11.8 Å². The molecule has 1 amide bonds. The third-order valence-corrected chi connectivity index (χ3v) is 4.05. The van der Waals surface area contributed by atoms with Crippen LogP contribution in [-0.2, 0) is 16.0 Å². The molecule has 1 unspecified atom stereocenters. The fraction of sp³-hybridized carbons (Fsp3) is 0.571. The Bertz CT molecular complexity index is 525. The molecule has 0 saturated carbocycles. The Kier molecular flexibility index (Phi) is 6.14. The first-order valence-corrected chi connectivity index (χ1v) is 7.87. The number of amides is 1. The van der Waals surface area contributed by atoms with Crippen LogP contribution < -0.4 is 0 Å². The molecule has 0 saturated heterocycles. The summed E-state index contributed by atoms with van der Waals surface area (Å²) in [4.78, 5) is 32.9. The number of rotatable bonds is 6. The highest BCUT2D eigenvalue weighted by Gasteiger charge is 2.21. The topological polar surface area (TPSA) is 83.4 Å². The Morgan fingerprint density at radius 1 is 1.29 bits per heavy atom. The van der Waals surface area contributed by atoms with Gasteiger partial charge in [-0.05, 0) is 39.0 Å². The highest BCUT2D eigenvalue weighted by atomic mass is 32.2. The maximum Gasteiger partial charge on any atom is 0.326 e. The average Bonchev–Trinajstić information content (AvgIpc) is 2.43. The van der Waals surface area contributed by atoms with Crippen molar-refractivity contribution in [2.75, 3.05) is 13.3 Å². The zero-order chi connectivity index (χ0) is 16.2. The van der Waals surface area contributed by atoms with E-state index in [1.807, 2.05) is 20.1 Å². The van der Waals surface area contributed by atoms with Gasteiger partial charge >= 0.3 is 5.97 Å². The van der Waals surface area contributed by atoms with Crippen LogP contribution in [0.3, 0.4) is 0 Å². The molecular weight excluding hydrogens is 290 g/mol. The molecule has 1 aromatic heterocycles. The number of likely N-dealkylation sites (N-methyl/N-ethyl adjacent to an activating group) is 1. The molecule has 0 bridgehead atoms. The predicted octanol–water partition coefficient (Wildman–Crippen LogP) is 1.68. The molecule has 1 heterocycles. The Hall–Kier alpha value is -1.63. The lowest BCUT2D eigenvalue weighted by molar-refractivity contribution is -0.148. The van der Waals surface area contributed by atoms with Crippen molar-refractivity contribution in [1.29, 1.82) is 0 Å². The molecule has 0 fully saturated rings. The van der Waals surface area contributed by atoms with E-state index in [1.54, 1.807) is 0 Å². The summed E-state index contributed by atoms with van der Waals surface area (Å²) in [6.45, 7) is 5.29. The fourth-order valence-electron chi connectivity index (χ4n) is 1.95. The number of thioether (sulfide) groups is 1. The lowest BCUT2D eigenvalue weighted by atomic mass is 10.1. The number of hydrogen-bond acceptors (Lipinski definition) is 5. The Balaban J connectivity index is 2.76. The maximum absolute atomic E-state index is 12.0. The van der Waals surface area contributed by atoms with Gasteiger partial charge in [-0.25, -0.2) is 14.8 Å². The van der Waals surface area contributed by atoms with Crippen LogP contribution in [0.5, 0.6) is 0 Å². The van der Waals surface area contributed by atoms with Gasteiger partial charge in [0.2, 0.25) is 5.91 Å². The first kappa shape index (κ1) is 17.4. The number of aryl methyl sites for hydroxylation is 2. The number of carbonyl (C=O) groups excluding carboxylic acids is 1. The molecule has 0 radical (unpaired) electrons. The zero-order valence-corrected chi connectivity index (χ0v) is 13.8. The molecule has 116 valence electrons. The summed E-state index contributed by atoms with van der Waals surface area (Å²) in [7, 11) is 1.51. The van der Waals surface area contributed by atoms with Crippen LogP contribution in [-0.4, -0.2) is 51.2 Å². The molecule has 0 spiro atoms. The first-order chi connectivity index (χ1) is 9.77. The largest absolute Gasteiger partial charge is 0.480 e. The van der Waals surface area contributed by atoms with Gasteiger partial charge in [0.25, 0.3) is 0 Å². The van der Waals surface area contributed by atoms with Crippen molar-refractivity contribution < 1.29 is 14.7 Å². The molecular formula is C14H21N3O3S. The molecule has 1 aromatic rings. The quantitative estimate of drug-likeness (QED) is 0.635. The summed E-state index contributed by atoms with van der Waals surface area (Å²) in [5, 5.41) is 9.64. The van der Waals surface area contributed by atoms with Gasteiger partial charge in [0.15, 0.2) is 5.16 Å². The molecule has 0 aliphatic carbocycles. The SMILES string of the molecule is CSc1nc(C)c(CCC(=O)N(C)C(C)C(=O)O)c(C)n1. The van der Waals surface area contributed by atoms with E-state index >= 15 is 0 Å². The minimum absolute atomic E-state index is 0.197. The van der Waals surface area contributed by atoms with Gasteiger partial charge < -0.3 is 10.0 Å². The molecule has 6 nitrogen and oxygen atoms in total.